The lowest BCUT2D eigenvalue weighted by Gasteiger charge is -2.16. The number of halogens is 6. The zero-order chi connectivity index (χ0) is 21.7. The van der Waals surface area contributed by atoms with E-state index >= 15 is 0 Å². The molecule has 29 heavy (non-hydrogen) atoms. The molecule has 158 valence electrons. The Morgan fingerprint density at radius 1 is 0.828 bits per heavy atom. The van der Waals surface area contributed by atoms with E-state index in [9.17, 15) is 31.1 Å². The van der Waals surface area contributed by atoms with Crippen molar-refractivity contribution in [1.29, 1.82) is 0 Å². The van der Waals surface area contributed by atoms with Gasteiger partial charge >= 0.3 is 12.4 Å². The molecule has 0 aliphatic heterocycles. The normalized spacial score (nSPS) is 13.3. The van der Waals surface area contributed by atoms with Gasteiger partial charge in [0.15, 0.2) is 0 Å². The van der Waals surface area contributed by atoms with Crippen LogP contribution in [0, 0.1) is 0 Å². The van der Waals surface area contributed by atoms with Gasteiger partial charge in [-0.25, -0.2) is 0 Å². The van der Waals surface area contributed by atoms with Crippen molar-refractivity contribution < 1.29 is 31.1 Å². The number of carbonyl (C=O) groups is 1. The summed E-state index contributed by atoms with van der Waals surface area (Å²) in [6, 6.07) is 9.60. The lowest BCUT2D eigenvalue weighted by Crippen LogP contribution is -2.09. The molecule has 2 aromatic carbocycles. The molecular formula is C20H18F6OS2. The van der Waals surface area contributed by atoms with Crippen molar-refractivity contribution >= 4 is 29.3 Å². The number of carbonyl (C=O) groups excluding carboxylic acids is 1. The molecule has 0 N–H and O–H groups in total. The van der Waals surface area contributed by atoms with E-state index in [2.05, 4.69) is 0 Å². The third kappa shape index (κ3) is 7.97. The molecule has 9 heteroatoms. The highest BCUT2D eigenvalue weighted by atomic mass is 32.2. The van der Waals surface area contributed by atoms with Crippen LogP contribution in [0.3, 0.4) is 0 Å². The number of thioether (sulfide) groups is 2. The van der Waals surface area contributed by atoms with Gasteiger partial charge < -0.3 is 0 Å². The van der Waals surface area contributed by atoms with Crippen LogP contribution in [0.25, 0.3) is 0 Å². The SMILES string of the molecule is CC(=O)CC(CCSc1ccc(C(F)(F)F)cc1)Sc1ccc(C(F)(F)F)cc1. The minimum absolute atomic E-state index is 0.0334. The molecule has 0 fully saturated rings. The Morgan fingerprint density at radius 3 is 1.69 bits per heavy atom. The fourth-order valence-corrected chi connectivity index (χ4v) is 4.83. The molecule has 1 unspecified atom stereocenters. The summed E-state index contributed by atoms with van der Waals surface area (Å²) in [6.07, 6.45) is -7.94. The number of benzene rings is 2. The van der Waals surface area contributed by atoms with Crippen molar-refractivity contribution in [2.45, 2.75) is 47.2 Å². The van der Waals surface area contributed by atoms with Crippen LogP contribution in [0.4, 0.5) is 26.3 Å². The maximum atomic E-state index is 12.7. The van der Waals surface area contributed by atoms with Gasteiger partial charge in [-0.2, -0.15) is 26.3 Å². The molecule has 1 atom stereocenters. The van der Waals surface area contributed by atoms with Gasteiger partial charge in [0.2, 0.25) is 0 Å². The van der Waals surface area contributed by atoms with E-state index in [-0.39, 0.29) is 17.5 Å². The van der Waals surface area contributed by atoms with Gasteiger partial charge in [-0.1, -0.05) is 0 Å². The molecule has 0 amide bonds. The second-order valence-corrected chi connectivity index (χ2v) is 8.87. The number of ketones is 1. The van der Waals surface area contributed by atoms with Crippen molar-refractivity contribution in [2.24, 2.45) is 0 Å². The van der Waals surface area contributed by atoms with Crippen LogP contribution in [0.15, 0.2) is 58.3 Å². The number of alkyl halides is 6. The van der Waals surface area contributed by atoms with Crippen molar-refractivity contribution in [1.82, 2.24) is 0 Å². The van der Waals surface area contributed by atoms with Crippen LogP contribution in [0.2, 0.25) is 0 Å². The van der Waals surface area contributed by atoms with Crippen molar-refractivity contribution in [3.8, 4) is 0 Å². The fraction of sp³-hybridized carbons (Fsp3) is 0.350. The zero-order valence-electron chi connectivity index (χ0n) is 15.3. The van der Waals surface area contributed by atoms with Gasteiger partial charge in [-0.05, 0) is 67.6 Å². The monoisotopic (exact) mass is 452 g/mol. The van der Waals surface area contributed by atoms with Crippen LogP contribution in [-0.4, -0.2) is 16.8 Å². The first kappa shape index (κ1) is 23.7. The van der Waals surface area contributed by atoms with Gasteiger partial charge in [0.05, 0.1) is 11.1 Å². The maximum absolute atomic E-state index is 12.7. The molecule has 0 spiro atoms. The molecule has 0 saturated heterocycles. The topological polar surface area (TPSA) is 17.1 Å². The maximum Gasteiger partial charge on any atom is 0.416 e. The molecule has 0 saturated carbocycles. The molecule has 2 aromatic rings. The summed E-state index contributed by atoms with van der Waals surface area (Å²) < 4.78 is 75.7. The van der Waals surface area contributed by atoms with Crippen molar-refractivity contribution in [2.75, 3.05) is 5.75 Å². The Hall–Kier alpha value is -1.61. The van der Waals surface area contributed by atoms with Gasteiger partial charge in [-0.3, -0.25) is 4.79 Å². The second-order valence-electron chi connectivity index (χ2n) is 6.33. The molecule has 0 heterocycles. The molecule has 0 radical (unpaired) electrons. The summed E-state index contributed by atoms with van der Waals surface area (Å²) in [7, 11) is 0. The minimum Gasteiger partial charge on any atom is -0.300 e. The van der Waals surface area contributed by atoms with Gasteiger partial charge in [0.1, 0.15) is 5.78 Å². The number of hydrogen-bond donors (Lipinski definition) is 0. The number of hydrogen-bond acceptors (Lipinski definition) is 3. The van der Waals surface area contributed by atoms with E-state index in [0.717, 1.165) is 24.3 Å². The van der Waals surface area contributed by atoms with E-state index < -0.39 is 23.5 Å². The molecule has 0 aliphatic carbocycles. The van der Waals surface area contributed by atoms with E-state index in [1.54, 1.807) is 0 Å². The summed E-state index contributed by atoms with van der Waals surface area (Å²) in [5.74, 6) is 0.533. The molecular weight excluding hydrogens is 434 g/mol. The average Bonchev–Trinajstić information content (AvgIpc) is 2.60. The van der Waals surface area contributed by atoms with Crippen molar-refractivity contribution in [3.05, 3.63) is 59.7 Å². The van der Waals surface area contributed by atoms with Crippen LogP contribution >= 0.6 is 23.5 Å². The van der Waals surface area contributed by atoms with E-state index in [1.807, 2.05) is 0 Å². The Morgan fingerprint density at radius 2 is 1.28 bits per heavy atom. The lowest BCUT2D eigenvalue weighted by molar-refractivity contribution is -0.138. The minimum atomic E-state index is -4.40. The standard InChI is InChI=1S/C20H18F6OS2/c1-13(27)12-18(29-17-8-4-15(5-9-17)20(24,25)26)10-11-28-16-6-2-14(3-7-16)19(21,22)23/h2-9,18H,10-12H2,1H3. The summed E-state index contributed by atoms with van der Waals surface area (Å²) in [5.41, 5.74) is -1.45. The highest BCUT2D eigenvalue weighted by Crippen LogP contribution is 2.35. The van der Waals surface area contributed by atoms with Crippen LogP contribution in [0.1, 0.15) is 30.9 Å². The molecule has 0 bridgehead atoms. The zero-order valence-corrected chi connectivity index (χ0v) is 16.9. The molecule has 2 rings (SSSR count). The number of Topliss-reactive ketones (excluding diaryl/α,β-unsaturated/α-hetero) is 1. The number of rotatable bonds is 8. The van der Waals surface area contributed by atoms with E-state index in [0.29, 0.717) is 22.0 Å². The third-order valence-electron chi connectivity index (χ3n) is 3.89. The summed E-state index contributed by atoms with van der Waals surface area (Å²) in [5, 5.41) is -0.133. The van der Waals surface area contributed by atoms with E-state index in [4.69, 9.17) is 0 Å². The Labute approximate surface area is 173 Å². The molecule has 0 aromatic heterocycles. The van der Waals surface area contributed by atoms with Crippen LogP contribution < -0.4 is 0 Å². The van der Waals surface area contributed by atoms with E-state index in [1.165, 1.54) is 54.7 Å². The molecule has 0 aliphatic rings. The smallest absolute Gasteiger partial charge is 0.300 e. The Kier molecular flexibility index (Phi) is 8.10. The summed E-state index contributed by atoms with van der Waals surface area (Å²) in [4.78, 5) is 12.8. The highest BCUT2D eigenvalue weighted by Gasteiger charge is 2.30. The largest absolute Gasteiger partial charge is 0.416 e. The predicted molar refractivity (Wildman–Crippen MR) is 103 cm³/mol. The Bertz CT molecular complexity index is 798. The predicted octanol–water partition coefficient (Wildman–Crippen LogP) is 7.35. The van der Waals surface area contributed by atoms with Gasteiger partial charge in [0.25, 0.3) is 0 Å². The van der Waals surface area contributed by atoms with Gasteiger partial charge in [-0.15, -0.1) is 23.5 Å². The van der Waals surface area contributed by atoms with Crippen LogP contribution in [-0.2, 0) is 17.1 Å². The van der Waals surface area contributed by atoms with Crippen molar-refractivity contribution in [3.63, 3.8) is 0 Å². The first-order valence-corrected chi connectivity index (χ1v) is 10.4. The summed E-state index contributed by atoms with van der Waals surface area (Å²) in [6.45, 7) is 1.45. The summed E-state index contributed by atoms with van der Waals surface area (Å²) >= 11 is 2.70. The third-order valence-corrected chi connectivity index (χ3v) is 6.22. The second kappa shape index (κ2) is 9.93. The quantitative estimate of drug-likeness (QED) is 0.308. The van der Waals surface area contributed by atoms with Crippen LogP contribution in [0.5, 0.6) is 0 Å². The fourth-order valence-electron chi connectivity index (χ4n) is 2.49. The first-order chi connectivity index (χ1) is 13.4. The highest BCUT2D eigenvalue weighted by molar-refractivity contribution is 8.00. The first-order valence-electron chi connectivity index (χ1n) is 8.58. The van der Waals surface area contributed by atoms with Gasteiger partial charge in [0, 0.05) is 21.5 Å². The lowest BCUT2D eigenvalue weighted by atomic mass is 10.2. The Balaban J connectivity index is 1.94. The molecule has 1 nitrogen and oxygen atoms in total. The average molecular weight is 452 g/mol.